The zero-order chi connectivity index (χ0) is 9.40. The zero-order valence-corrected chi connectivity index (χ0v) is 8.82. The van der Waals surface area contributed by atoms with Gasteiger partial charge in [-0.25, -0.2) is 0 Å². The van der Waals surface area contributed by atoms with Crippen LogP contribution in [0.4, 0.5) is 0 Å². The van der Waals surface area contributed by atoms with E-state index in [2.05, 4.69) is 13.8 Å². The summed E-state index contributed by atoms with van der Waals surface area (Å²) < 4.78 is 0. The summed E-state index contributed by atoms with van der Waals surface area (Å²) in [5.41, 5.74) is 0.869. The van der Waals surface area contributed by atoms with Crippen LogP contribution in [0.5, 0.6) is 0 Å². The van der Waals surface area contributed by atoms with Crippen molar-refractivity contribution in [3.63, 3.8) is 0 Å². The van der Waals surface area contributed by atoms with E-state index >= 15 is 0 Å². The van der Waals surface area contributed by atoms with Gasteiger partial charge in [0, 0.05) is 5.71 Å². The smallest absolute Gasteiger partial charge is 0.00890 e. The van der Waals surface area contributed by atoms with Crippen molar-refractivity contribution in [1.82, 2.24) is 0 Å². The van der Waals surface area contributed by atoms with Gasteiger partial charge in [0.2, 0.25) is 0 Å². The summed E-state index contributed by atoms with van der Waals surface area (Å²) in [5.74, 6) is 0.557. The third-order valence-electron chi connectivity index (χ3n) is 2.51. The molecule has 0 heterocycles. The Balaban J connectivity index is 3.38. The Hall–Kier alpha value is -0.330. The predicted octanol–water partition coefficient (Wildman–Crippen LogP) is 4.02. The van der Waals surface area contributed by atoms with Crippen LogP contribution in [0.3, 0.4) is 0 Å². The maximum Gasteiger partial charge on any atom is 0.00890 e. The molecule has 0 saturated heterocycles. The maximum absolute atomic E-state index is 7.53. The number of rotatable bonds is 7. The first-order valence-corrected chi connectivity index (χ1v) is 5.27. The van der Waals surface area contributed by atoms with Gasteiger partial charge >= 0.3 is 0 Å². The van der Waals surface area contributed by atoms with E-state index in [0.717, 1.165) is 12.1 Å². The van der Waals surface area contributed by atoms with E-state index < -0.39 is 0 Å². The fourth-order valence-corrected chi connectivity index (χ4v) is 1.54. The first-order valence-electron chi connectivity index (χ1n) is 5.27. The van der Waals surface area contributed by atoms with Crippen molar-refractivity contribution in [3.05, 3.63) is 0 Å². The highest BCUT2D eigenvalue weighted by Gasteiger charge is 2.06. The van der Waals surface area contributed by atoms with Crippen LogP contribution >= 0.6 is 0 Å². The number of nitrogens with one attached hydrogen (secondary N) is 1. The average Bonchev–Trinajstić information content (AvgIpc) is 2.04. The molecule has 0 aromatic heterocycles. The minimum absolute atomic E-state index is 0.557. The highest BCUT2D eigenvalue weighted by molar-refractivity contribution is 5.81. The molecule has 0 aromatic rings. The Morgan fingerprint density at radius 1 is 1.17 bits per heavy atom. The van der Waals surface area contributed by atoms with Gasteiger partial charge in [-0.2, -0.15) is 0 Å². The van der Waals surface area contributed by atoms with Crippen LogP contribution < -0.4 is 0 Å². The molecule has 0 fully saturated rings. The topological polar surface area (TPSA) is 23.9 Å². The van der Waals surface area contributed by atoms with Gasteiger partial charge in [-0.1, -0.05) is 39.5 Å². The first kappa shape index (κ1) is 11.7. The summed E-state index contributed by atoms with van der Waals surface area (Å²) in [6.07, 6.45) is 7.68. The third-order valence-corrected chi connectivity index (χ3v) is 2.51. The second-order valence-corrected chi connectivity index (χ2v) is 3.64. The van der Waals surface area contributed by atoms with Crippen molar-refractivity contribution in [3.8, 4) is 0 Å². The van der Waals surface area contributed by atoms with Gasteiger partial charge in [-0.05, 0) is 25.7 Å². The van der Waals surface area contributed by atoms with Crippen LogP contribution in [0.1, 0.15) is 59.3 Å². The van der Waals surface area contributed by atoms with Gasteiger partial charge in [0.15, 0.2) is 0 Å². The molecule has 1 nitrogen and oxygen atoms in total. The van der Waals surface area contributed by atoms with E-state index in [0.29, 0.717) is 5.92 Å². The van der Waals surface area contributed by atoms with E-state index in [-0.39, 0.29) is 0 Å². The van der Waals surface area contributed by atoms with Crippen LogP contribution in [0.25, 0.3) is 0 Å². The van der Waals surface area contributed by atoms with Crippen molar-refractivity contribution < 1.29 is 0 Å². The van der Waals surface area contributed by atoms with E-state index in [1.807, 2.05) is 6.92 Å². The molecular weight excluding hydrogens is 146 g/mol. The molecule has 0 radical (unpaired) electrons. The normalized spacial score (nSPS) is 12.9. The summed E-state index contributed by atoms with van der Waals surface area (Å²) in [6, 6.07) is 0. The lowest BCUT2D eigenvalue weighted by Gasteiger charge is -2.12. The fraction of sp³-hybridized carbons (Fsp3) is 0.909. The summed E-state index contributed by atoms with van der Waals surface area (Å²) in [4.78, 5) is 0. The van der Waals surface area contributed by atoms with Crippen LogP contribution in [0.2, 0.25) is 0 Å². The Labute approximate surface area is 77.1 Å². The lowest BCUT2D eigenvalue weighted by atomic mass is 9.94. The first-order chi connectivity index (χ1) is 5.72. The molecular formula is C11H23N. The van der Waals surface area contributed by atoms with Crippen molar-refractivity contribution in [2.45, 2.75) is 59.3 Å². The summed E-state index contributed by atoms with van der Waals surface area (Å²) in [6.45, 7) is 6.36. The minimum atomic E-state index is 0.557. The van der Waals surface area contributed by atoms with E-state index in [1.165, 1.54) is 32.1 Å². The van der Waals surface area contributed by atoms with E-state index in [9.17, 15) is 0 Å². The molecule has 0 amide bonds. The standard InChI is InChI=1S/C11H23N/c1-4-6-7-8-9-11(5-2)10(3)12/h11-12H,4-9H2,1-3H3. The van der Waals surface area contributed by atoms with E-state index in [1.54, 1.807) is 0 Å². The second kappa shape index (κ2) is 7.33. The van der Waals surface area contributed by atoms with Gasteiger partial charge in [0.1, 0.15) is 0 Å². The predicted molar refractivity (Wildman–Crippen MR) is 55.9 cm³/mol. The van der Waals surface area contributed by atoms with Crippen molar-refractivity contribution in [1.29, 1.82) is 5.41 Å². The SMILES string of the molecule is CCCCCCC(CC)C(C)=N. The van der Waals surface area contributed by atoms with Crippen molar-refractivity contribution >= 4 is 5.71 Å². The summed E-state index contributed by atoms with van der Waals surface area (Å²) in [5, 5.41) is 7.53. The fourth-order valence-electron chi connectivity index (χ4n) is 1.54. The molecule has 0 rings (SSSR count). The molecule has 1 atom stereocenters. The van der Waals surface area contributed by atoms with Crippen LogP contribution in [0.15, 0.2) is 0 Å². The highest BCUT2D eigenvalue weighted by Crippen LogP contribution is 2.14. The number of unbranched alkanes of at least 4 members (excludes halogenated alkanes) is 3. The molecule has 12 heavy (non-hydrogen) atoms. The zero-order valence-electron chi connectivity index (χ0n) is 8.82. The van der Waals surface area contributed by atoms with Crippen molar-refractivity contribution in [2.24, 2.45) is 5.92 Å². The molecule has 1 N–H and O–H groups in total. The van der Waals surface area contributed by atoms with Crippen LogP contribution in [0, 0.1) is 11.3 Å². The summed E-state index contributed by atoms with van der Waals surface area (Å²) >= 11 is 0. The molecule has 1 unspecified atom stereocenters. The highest BCUT2D eigenvalue weighted by atomic mass is 14.4. The molecule has 0 spiro atoms. The second-order valence-electron chi connectivity index (χ2n) is 3.64. The van der Waals surface area contributed by atoms with Gasteiger partial charge in [0.25, 0.3) is 0 Å². The molecule has 72 valence electrons. The quantitative estimate of drug-likeness (QED) is 0.439. The monoisotopic (exact) mass is 169 g/mol. The van der Waals surface area contributed by atoms with Crippen LogP contribution in [-0.2, 0) is 0 Å². The molecule has 0 aliphatic rings. The lowest BCUT2D eigenvalue weighted by molar-refractivity contribution is 0.537. The molecule has 0 bridgehead atoms. The summed E-state index contributed by atoms with van der Waals surface area (Å²) in [7, 11) is 0. The third kappa shape index (κ3) is 5.34. The van der Waals surface area contributed by atoms with Crippen LogP contribution in [-0.4, -0.2) is 5.71 Å². The molecule has 0 aliphatic carbocycles. The Kier molecular flexibility index (Phi) is 7.12. The van der Waals surface area contributed by atoms with Crippen molar-refractivity contribution in [2.75, 3.05) is 0 Å². The molecule has 0 aromatic carbocycles. The molecule has 0 saturated carbocycles. The average molecular weight is 169 g/mol. The maximum atomic E-state index is 7.53. The Morgan fingerprint density at radius 3 is 2.25 bits per heavy atom. The van der Waals surface area contributed by atoms with E-state index in [4.69, 9.17) is 5.41 Å². The number of hydrogen-bond acceptors (Lipinski definition) is 1. The van der Waals surface area contributed by atoms with Gasteiger partial charge in [0.05, 0.1) is 0 Å². The van der Waals surface area contributed by atoms with Gasteiger partial charge in [-0.3, -0.25) is 0 Å². The van der Waals surface area contributed by atoms with Gasteiger partial charge in [-0.15, -0.1) is 0 Å². The molecule has 1 heteroatoms. The molecule has 0 aliphatic heterocycles. The lowest BCUT2D eigenvalue weighted by Crippen LogP contribution is -2.08. The largest absolute Gasteiger partial charge is 0.310 e. The minimum Gasteiger partial charge on any atom is -0.310 e. The Bertz CT molecular complexity index is 118. The number of hydrogen-bond donors (Lipinski definition) is 1. The van der Waals surface area contributed by atoms with Gasteiger partial charge < -0.3 is 5.41 Å². The Morgan fingerprint density at radius 2 is 1.83 bits per heavy atom.